The van der Waals surface area contributed by atoms with Crippen molar-refractivity contribution in [2.75, 3.05) is 5.32 Å². The Kier molecular flexibility index (Phi) is 3.62. The quantitative estimate of drug-likeness (QED) is 0.925. The van der Waals surface area contributed by atoms with Crippen molar-refractivity contribution >= 4 is 23.2 Å². The summed E-state index contributed by atoms with van der Waals surface area (Å²) in [5.74, 6) is -0.299. The molecular formula is C12H13ClN4O. The van der Waals surface area contributed by atoms with E-state index >= 15 is 0 Å². The molecule has 1 amide bonds. The highest BCUT2D eigenvalue weighted by Gasteiger charge is 2.10. The lowest BCUT2D eigenvalue weighted by Crippen LogP contribution is -2.13. The first-order chi connectivity index (χ1) is 8.60. The zero-order valence-corrected chi connectivity index (χ0v) is 10.9. The number of rotatable bonds is 3. The van der Waals surface area contributed by atoms with Crippen molar-refractivity contribution in [2.24, 2.45) is 7.05 Å². The van der Waals surface area contributed by atoms with Crippen LogP contribution in [0.5, 0.6) is 0 Å². The normalized spacial score (nSPS) is 10.4. The van der Waals surface area contributed by atoms with Crippen LogP contribution in [-0.2, 0) is 13.5 Å². The monoisotopic (exact) mass is 264 g/mol. The summed E-state index contributed by atoms with van der Waals surface area (Å²) in [7, 11) is 1.78. The van der Waals surface area contributed by atoms with Gasteiger partial charge < -0.3 is 5.32 Å². The van der Waals surface area contributed by atoms with E-state index in [9.17, 15) is 4.79 Å². The smallest absolute Gasteiger partial charge is 0.274 e. The van der Waals surface area contributed by atoms with Crippen molar-refractivity contribution < 1.29 is 4.79 Å². The summed E-state index contributed by atoms with van der Waals surface area (Å²) < 4.78 is 1.61. The lowest BCUT2D eigenvalue weighted by Gasteiger charge is -2.04. The number of hydrogen-bond acceptors (Lipinski definition) is 3. The molecule has 0 atom stereocenters. The van der Waals surface area contributed by atoms with Gasteiger partial charge in [0.2, 0.25) is 0 Å². The van der Waals surface area contributed by atoms with Crippen molar-refractivity contribution in [1.29, 1.82) is 0 Å². The van der Waals surface area contributed by atoms with Gasteiger partial charge in [0.1, 0.15) is 5.69 Å². The van der Waals surface area contributed by atoms with E-state index < -0.39 is 0 Å². The third kappa shape index (κ3) is 2.68. The van der Waals surface area contributed by atoms with Gasteiger partial charge in [-0.2, -0.15) is 5.10 Å². The highest BCUT2D eigenvalue weighted by atomic mass is 35.5. The Balaban J connectivity index is 2.16. The van der Waals surface area contributed by atoms with E-state index in [1.165, 1.54) is 0 Å². The van der Waals surface area contributed by atoms with Crippen LogP contribution < -0.4 is 5.32 Å². The summed E-state index contributed by atoms with van der Waals surface area (Å²) in [5, 5.41) is 7.22. The Hall–Kier alpha value is -1.88. The molecule has 5 nitrogen and oxygen atoms in total. The van der Waals surface area contributed by atoms with E-state index in [-0.39, 0.29) is 5.91 Å². The van der Waals surface area contributed by atoms with Gasteiger partial charge in [-0.05, 0) is 18.1 Å². The minimum atomic E-state index is -0.299. The highest BCUT2D eigenvalue weighted by molar-refractivity contribution is 6.31. The maximum atomic E-state index is 11.9. The summed E-state index contributed by atoms with van der Waals surface area (Å²) >= 11 is 6.04. The van der Waals surface area contributed by atoms with Gasteiger partial charge >= 0.3 is 0 Å². The lowest BCUT2D eigenvalue weighted by atomic mass is 10.2. The van der Waals surface area contributed by atoms with E-state index in [1.54, 1.807) is 36.4 Å². The predicted molar refractivity (Wildman–Crippen MR) is 69.8 cm³/mol. The first-order valence-corrected chi connectivity index (χ1v) is 5.92. The van der Waals surface area contributed by atoms with E-state index in [4.69, 9.17) is 11.6 Å². The molecule has 0 saturated carbocycles. The van der Waals surface area contributed by atoms with Crippen LogP contribution in [0.1, 0.15) is 23.0 Å². The molecule has 94 valence electrons. The van der Waals surface area contributed by atoms with Crippen molar-refractivity contribution in [3.05, 3.63) is 40.9 Å². The number of pyridine rings is 1. The number of nitrogens with one attached hydrogen (secondary N) is 1. The molecule has 2 rings (SSSR count). The van der Waals surface area contributed by atoms with Gasteiger partial charge in [-0.15, -0.1) is 0 Å². The van der Waals surface area contributed by atoms with Crippen LogP contribution >= 0.6 is 11.6 Å². The number of carbonyl (C=O) groups excluding carboxylic acids is 1. The second-order valence-corrected chi connectivity index (χ2v) is 4.28. The number of halogens is 1. The van der Waals surface area contributed by atoms with Gasteiger partial charge in [0.25, 0.3) is 5.91 Å². The van der Waals surface area contributed by atoms with Crippen LogP contribution in [0.2, 0.25) is 5.02 Å². The highest BCUT2D eigenvalue weighted by Crippen LogP contribution is 2.17. The molecular weight excluding hydrogens is 252 g/mol. The second-order valence-electron chi connectivity index (χ2n) is 3.87. The third-order valence-electron chi connectivity index (χ3n) is 2.51. The average molecular weight is 265 g/mol. The molecule has 2 heterocycles. The minimum absolute atomic E-state index is 0.293. The number of aryl methyl sites for hydroxylation is 2. The molecule has 0 radical (unpaired) electrons. The van der Waals surface area contributed by atoms with Gasteiger partial charge in [0, 0.05) is 24.5 Å². The molecule has 2 aromatic heterocycles. The first-order valence-electron chi connectivity index (χ1n) is 5.54. The Morgan fingerprint density at radius 1 is 1.50 bits per heavy atom. The summed E-state index contributed by atoms with van der Waals surface area (Å²) in [6.45, 7) is 1.98. The van der Waals surface area contributed by atoms with Crippen LogP contribution in [0, 0.1) is 0 Å². The predicted octanol–water partition coefficient (Wildman–Crippen LogP) is 2.28. The lowest BCUT2D eigenvalue weighted by molar-refractivity contribution is 0.102. The average Bonchev–Trinajstić information content (AvgIpc) is 2.74. The molecule has 0 spiro atoms. The van der Waals surface area contributed by atoms with E-state index in [0.29, 0.717) is 16.4 Å². The zero-order chi connectivity index (χ0) is 13.1. The zero-order valence-electron chi connectivity index (χ0n) is 10.1. The van der Waals surface area contributed by atoms with Crippen molar-refractivity contribution in [1.82, 2.24) is 14.8 Å². The summed E-state index contributed by atoms with van der Waals surface area (Å²) in [5.41, 5.74) is 1.84. The molecule has 18 heavy (non-hydrogen) atoms. The standard InChI is InChI=1S/C12H13ClN4O/c1-3-8-5-14-11(4-10(8)13)12(18)16-9-6-15-17(2)7-9/h4-7H,3H2,1-2H3,(H,16,18). The fraction of sp³-hybridized carbons (Fsp3) is 0.250. The minimum Gasteiger partial charge on any atom is -0.318 e. The molecule has 2 aromatic rings. The molecule has 6 heteroatoms. The Morgan fingerprint density at radius 3 is 2.83 bits per heavy atom. The molecule has 0 aliphatic rings. The van der Waals surface area contributed by atoms with Crippen LogP contribution in [-0.4, -0.2) is 20.7 Å². The molecule has 0 aliphatic carbocycles. The fourth-order valence-corrected chi connectivity index (χ4v) is 1.81. The third-order valence-corrected chi connectivity index (χ3v) is 2.86. The van der Waals surface area contributed by atoms with Crippen LogP contribution in [0.3, 0.4) is 0 Å². The number of hydrogen-bond donors (Lipinski definition) is 1. The van der Waals surface area contributed by atoms with Crippen LogP contribution in [0.4, 0.5) is 5.69 Å². The fourth-order valence-electron chi connectivity index (χ4n) is 1.52. The van der Waals surface area contributed by atoms with Crippen LogP contribution in [0.15, 0.2) is 24.7 Å². The molecule has 0 unspecified atom stereocenters. The number of amides is 1. The van der Waals surface area contributed by atoms with E-state index in [1.807, 2.05) is 6.92 Å². The second kappa shape index (κ2) is 5.18. The number of carbonyl (C=O) groups is 1. The van der Waals surface area contributed by atoms with Gasteiger partial charge in [0.05, 0.1) is 11.9 Å². The molecule has 0 aromatic carbocycles. The molecule has 0 saturated heterocycles. The maximum Gasteiger partial charge on any atom is 0.274 e. The Bertz CT molecular complexity index is 579. The van der Waals surface area contributed by atoms with Gasteiger partial charge in [-0.3, -0.25) is 14.5 Å². The van der Waals surface area contributed by atoms with Crippen molar-refractivity contribution in [3.8, 4) is 0 Å². The largest absolute Gasteiger partial charge is 0.318 e. The maximum absolute atomic E-state index is 11.9. The topological polar surface area (TPSA) is 59.8 Å². The van der Waals surface area contributed by atoms with Crippen LogP contribution in [0.25, 0.3) is 0 Å². The van der Waals surface area contributed by atoms with E-state index in [2.05, 4.69) is 15.4 Å². The molecule has 0 bridgehead atoms. The van der Waals surface area contributed by atoms with Crippen molar-refractivity contribution in [2.45, 2.75) is 13.3 Å². The van der Waals surface area contributed by atoms with Crippen molar-refractivity contribution in [3.63, 3.8) is 0 Å². The SMILES string of the molecule is CCc1cnc(C(=O)Nc2cnn(C)c2)cc1Cl. The summed E-state index contributed by atoms with van der Waals surface area (Å²) in [6, 6.07) is 1.58. The molecule has 0 fully saturated rings. The number of anilines is 1. The van der Waals surface area contributed by atoms with Gasteiger partial charge in [-0.25, -0.2) is 0 Å². The number of aromatic nitrogens is 3. The van der Waals surface area contributed by atoms with E-state index in [0.717, 1.165) is 12.0 Å². The Labute approximate surface area is 110 Å². The number of nitrogens with zero attached hydrogens (tertiary/aromatic N) is 3. The Morgan fingerprint density at radius 2 is 2.28 bits per heavy atom. The van der Waals surface area contributed by atoms with Gasteiger partial charge in [0.15, 0.2) is 0 Å². The summed E-state index contributed by atoms with van der Waals surface area (Å²) in [6.07, 6.45) is 5.69. The molecule has 0 aliphatic heterocycles. The molecule has 1 N–H and O–H groups in total. The van der Waals surface area contributed by atoms with Gasteiger partial charge in [-0.1, -0.05) is 18.5 Å². The summed E-state index contributed by atoms with van der Waals surface area (Å²) in [4.78, 5) is 16.0. The first kappa shape index (κ1) is 12.6.